The van der Waals surface area contributed by atoms with Gasteiger partial charge in [0.25, 0.3) is 0 Å². The van der Waals surface area contributed by atoms with E-state index in [9.17, 15) is 10.5 Å². The summed E-state index contributed by atoms with van der Waals surface area (Å²) in [5.74, 6) is 0. The van der Waals surface area contributed by atoms with Gasteiger partial charge in [0.05, 0.1) is 11.6 Å². The molecule has 1 fully saturated rings. The number of rotatable bonds is 3. The van der Waals surface area contributed by atoms with Gasteiger partial charge in [0.2, 0.25) is 0 Å². The number of anilines is 1. The molecule has 4 rings (SSSR count). The molecular formula is C21H22N4O. The van der Waals surface area contributed by atoms with E-state index >= 15 is 0 Å². The molecule has 5 nitrogen and oxygen atoms in total. The standard InChI is InChI=1S/C21H22N4O/c22-13-15-2-1-3-16(10-15)18-11-17-4-7-23-14-20(17)21(12-18)24-19-5-8-25(26)9-6-19/h1-4,7,10-12,19,23-24,26H,5-6,8-9,14H2. The van der Waals surface area contributed by atoms with Crippen molar-refractivity contribution in [2.45, 2.75) is 25.4 Å². The van der Waals surface area contributed by atoms with E-state index in [0.717, 1.165) is 36.2 Å². The Balaban J connectivity index is 1.70. The van der Waals surface area contributed by atoms with Crippen molar-refractivity contribution in [3.63, 3.8) is 0 Å². The van der Waals surface area contributed by atoms with Crippen LogP contribution in [0.4, 0.5) is 5.69 Å². The number of hydrogen-bond acceptors (Lipinski definition) is 5. The van der Waals surface area contributed by atoms with E-state index in [2.05, 4.69) is 34.9 Å². The number of fused-ring (bicyclic) bond motifs is 1. The van der Waals surface area contributed by atoms with Gasteiger partial charge in [0, 0.05) is 36.9 Å². The molecule has 0 radical (unpaired) electrons. The molecule has 0 aliphatic carbocycles. The van der Waals surface area contributed by atoms with Crippen molar-refractivity contribution >= 4 is 11.8 Å². The summed E-state index contributed by atoms with van der Waals surface area (Å²) in [6.07, 6.45) is 5.91. The van der Waals surface area contributed by atoms with Gasteiger partial charge in [0.1, 0.15) is 0 Å². The van der Waals surface area contributed by atoms with Crippen molar-refractivity contribution in [2.24, 2.45) is 0 Å². The predicted molar refractivity (Wildman–Crippen MR) is 102 cm³/mol. The Hall–Kier alpha value is -2.81. The van der Waals surface area contributed by atoms with Crippen LogP contribution in [0, 0.1) is 11.3 Å². The normalized spacial score (nSPS) is 17.2. The molecule has 132 valence electrons. The van der Waals surface area contributed by atoms with E-state index < -0.39 is 0 Å². The summed E-state index contributed by atoms with van der Waals surface area (Å²) in [5, 5.41) is 27.1. The molecule has 0 unspecified atom stereocenters. The summed E-state index contributed by atoms with van der Waals surface area (Å²) in [6.45, 7) is 2.19. The molecular weight excluding hydrogens is 324 g/mol. The first kappa shape index (κ1) is 16.6. The second-order valence-electron chi connectivity index (χ2n) is 6.87. The zero-order valence-corrected chi connectivity index (χ0v) is 14.6. The lowest BCUT2D eigenvalue weighted by Gasteiger charge is -2.30. The van der Waals surface area contributed by atoms with Gasteiger partial charge in [-0.1, -0.05) is 12.1 Å². The number of nitrogens with zero attached hydrogens (tertiary/aromatic N) is 2. The number of hydrogen-bond donors (Lipinski definition) is 3. The van der Waals surface area contributed by atoms with Crippen LogP contribution < -0.4 is 10.6 Å². The van der Waals surface area contributed by atoms with Crippen molar-refractivity contribution in [1.82, 2.24) is 10.4 Å². The minimum absolute atomic E-state index is 0.356. The van der Waals surface area contributed by atoms with Crippen LogP contribution in [-0.2, 0) is 6.54 Å². The number of nitrogens with one attached hydrogen (secondary N) is 2. The maximum atomic E-state index is 9.59. The zero-order chi connectivity index (χ0) is 17.9. The SMILES string of the molecule is N#Cc1cccc(-c2cc3c(c(NC4CCN(O)CC4)c2)CNC=C3)c1. The third-order valence-electron chi connectivity index (χ3n) is 5.10. The Bertz CT molecular complexity index is 876. The third-order valence-corrected chi connectivity index (χ3v) is 5.10. The van der Waals surface area contributed by atoms with Gasteiger partial charge >= 0.3 is 0 Å². The maximum absolute atomic E-state index is 9.59. The van der Waals surface area contributed by atoms with E-state index in [1.807, 2.05) is 30.5 Å². The summed E-state index contributed by atoms with van der Waals surface area (Å²) in [7, 11) is 0. The summed E-state index contributed by atoms with van der Waals surface area (Å²) in [6, 6.07) is 14.7. The van der Waals surface area contributed by atoms with Crippen molar-refractivity contribution in [3.8, 4) is 17.2 Å². The number of hydroxylamine groups is 2. The largest absolute Gasteiger partial charge is 0.387 e. The minimum atomic E-state index is 0.356. The van der Waals surface area contributed by atoms with Gasteiger partial charge in [-0.05, 0) is 66.1 Å². The second kappa shape index (κ2) is 7.20. The fourth-order valence-corrected chi connectivity index (χ4v) is 3.64. The van der Waals surface area contributed by atoms with Gasteiger partial charge in [-0.3, -0.25) is 0 Å². The number of piperidine rings is 1. The van der Waals surface area contributed by atoms with Crippen LogP contribution in [0.5, 0.6) is 0 Å². The molecule has 0 aromatic heterocycles. The first-order valence-electron chi connectivity index (χ1n) is 9.01. The van der Waals surface area contributed by atoms with Crippen molar-refractivity contribution in [1.29, 1.82) is 5.26 Å². The molecule has 3 N–H and O–H groups in total. The molecule has 0 bridgehead atoms. The molecule has 26 heavy (non-hydrogen) atoms. The lowest BCUT2D eigenvalue weighted by atomic mass is 9.94. The molecule has 2 aliphatic rings. The van der Waals surface area contributed by atoms with Crippen molar-refractivity contribution < 1.29 is 5.21 Å². The molecule has 0 spiro atoms. The third kappa shape index (κ3) is 3.43. The average Bonchev–Trinajstić information content (AvgIpc) is 2.69. The molecule has 5 heteroatoms. The molecule has 0 atom stereocenters. The summed E-state index contributed by atoms with van der Waals surface area (Å²) in [5.41, 5.74) is 6.42. The second-order valence-corrected chi connectivity index (χ2v) is 6.87. The van der Waals surface area contributed by atoms with Crippen LogP contribution in [0.3, 0.4) is 0 Å². The minimum Gasteiger partial charge on any atom is -0.387 e. The fourth-order valence-electron chi connectivity index (χ4n) is 3.64. The van der Waals surface area contributed by atoms with Crippen LogP contribution >= 0.6 is 0 Å². The van der Waals surface area contributed by atoms with E-state index in [4.69, 9.17) is 0 Å². The molecule has 1 saturated heterocycles. The highest BCUT2D eigenvalue weighted by Gasteiger charge is 2.20. The maximum Gasteiger partial charge on any atom is 0.0991 e. The van der Waals surface area contributed by atoms with E-state index in [-0.39, 0.29) is 0 Å². The Kier molecular flexibility index (Phi) is 4.61. The lowest BCUT2D eigenvalue weighted by molar-refractivity contribution is -0.105. The molecule has 2 heterocycles. The highest BCUT2D eigenvalue weighted by molar-refractivity contribution is 5.77. The first-order chi connectivity index (χ1) is 12.7. The highest BCUT2D eigenvalue weighted by atomic mass is 16.5. The Labute approximate surface area is 153 Å². The van der Waals surface area contributed by atoms with E-state index in [1.165, 1.54) is 16.2 Å². The van der Waals surface area contributed by atoms with Gasteiger partial charge < -0.3 is 15.8 Å². The topological polar surface area (TPSA) is 71.3 Å². The van der Waals surface area contributed by atoms with Crippen LogP contribution in [0.1, 0.15) is 29.5 Å². The van der Waals surface area contributed by atoms with E-state index in [1.54, 1.807) is 0 Å². The highest BCUT2D eigenvalue weighted by Crippen LogP contribution is 2.32. The Morgan fingerprint density at radius 3 is 2.81 bits per heavy atom. The Morgan fingerprint density at radius 1 is 1.15 bits per heavy atom. The van der Waals surface area contributed by atoms with Crippen LogP contribution in [-0.4, -0.2) is 29.4 Å². The molecule has 2 aliphatic heterocycles. The van der Waals surface area contributed by atoms with E-state index in [0.29, 0.717) is 24.7 Å². The summed E-state index contributed by atoms with van der Waals surface area (Å²) >= 11 is 0. The summed E-state index contributed by atoms with van der Waals surface area (Å²) < 4.78 is 0. The molecule has 0 amide bonds. The predicted octanol–water partition coefficient (Wildman–Crippen LogP) is 3.56. The quantitative estimate of drug-likeness (QED) is 0.793. The molecule has 2 aromatic carbocycles. The lowest BCUT2D eigenvalue weighted by Crippen LogP contribution is -2.37. The zero-order valence-electron chi connectivity index (χ0n) is 14.6. The molecule has 0 saturated carbocycles. The van der Waals surface area contributed by atoms with Crippen molar-refractivity contribution in [2.75, 3.05) is 18.4 Å². The summed E-state index contributed by atoms with van der Waals surface area (Å²) in [4.78, 5) is 0. The van der Waals surface area contributed by atoms with Crippen LogP contribution in [0.25, 0.3) is 17.2 Å². The van der Waals surface area contributed by atoms with Gasteiger partial charge in [-0.2, -0.15) is 10.3 Å². The van der Waals surface area contributed by atoms with Crippen LogP contribution in [0.15, 0.2) is 42.6 Å². The molecule has 2 aromatic rings. The smallest absolute Gasteiger partial charge is 0.0991 e. The van der Waals surface area contributed by atoms with Gasteiger partial charge in [-0.15, -0.1) is 0 Å². The average molecular weight is 346 g/mol. The van der Waals surface area contributed by atoms with Gasteiger partial charge in [-0.25, -0.2) is 0 Å². The fraction of sp³-hybridized carbons (Fsp3) is 0.286. The first-order valence-corrected chi connectivity index (χ1v) is 9.01. The monoisotopic (exact) mass is 346 g/mol. The van der Waals surface area contributed by atoms with Crippen LogP contribution in [0.2, 0.25) is 0 Å². The Morgan fingerprint density at radius 2 is 2.00 bits per heavy atom. The van der Waals surface area contributed by atoms with Gasteiger partial charge in [0.15, 0.2) is 0 Å². The number of benzene rings is 2. The van der Waals surface area contributed by atoms with Crippen molar-refractivity contribution in [3.05, 3.63) is 59.3 Å². The number of nitriles is 1.